The number of hydrogen-bond acceptors (Lipinski definition) is 4. The molecule has 0 unspecified atom stereocenters. The van der Waals surface area contributed by atoms with Gasteiger partial charge in [-0.15, -0.1) is 0 Å². The molecule has 0 fully saturated rings. The number of halogens is 1. The Morgan fingerprint density at radius 2 is 2.24 bits per heavy atom. The van der Waals surface area contributed by atoms with E-state index in [1.165, 1.54) is 19.2 Å². The first-order valence-electron chi connectivity index (χ1n) is 4.75. The van der Waals surface area contributed by atoms with Crippen molar-refractivity contribution in [2.75, 3.05) is 13.7 Å². The average molecular weight is 259 g/mol. The van der Waals surface area contributed by atoms with Gasteiger partial charge in [0.05, 0.1) is 25.7 Å². The molecular weight excluding hydrogens is 248 g/mol. The third-order valence-electron chi connectivity index (χ3n) is 1.96. The van der Waals surface area contributed by atoms with Gasteiger partial charge in [0.1, 0.15) is 0 Å². The fourth-order valence-corrected chi connectivity index (χ4v) is 1.44. The normalized spacial score (nSPS) is 9.76. The average Bonchev–Trinajstić information content (AvgIpc) is 2.29. The first kappa shape index (κ1) is 13.3. The Balaban J connectivity index is 2.94. The van der Waals surface area contributed by atoms with Crippen molar-refractivity contribution in [2.45, 2.75) is 6.42 Å². The van der Waals surface area contributed by atoms with Crippen molar-refractivity contribution in [3.8, 4) is 11.5 Å². The molecule has 1 aromatic rings. The lowest BCUT2D eigenvalue weighted by atomic mass is 10.2. The summed E-state index contributed by atoms with van der Waals surface area (Å²) in [4.78, 5) is 21.2. The lowest BCUT2D eigenvalue weighted by Gasteiger charge is -2.12. The molecule has 6 heteroatoms. The molecule has 92 valence electrons. The van der Waals surface area contributed by atoms with Gasteiger partial charge >= 0.3 is 5.97 Å². The molecule has 0 aromatic heterocycles. The van der Waals surface area contributed by atoms with Crippen LogP contribution in [0.25, 0.3) is 0 Å². The molecule has 0 aliphatic carbocycles. The van der Waals surface area contributed by atoms with Gasteiger partial charge in [-0.2, -0.15) is 0 Å². The predicted molar refractivity (Wildman–Crippen MR) is 61.1 cm³/mol. The third-order valence-corrected chi connectivity index (χ3v) is 2.18. The summed E-state index contributed by atoms with van der Waals surface area (Å²) in [6.07, 6.45) is 0.411. The fourth-order valence-electron chi connectivity index (χ4n) is 1.22. The highest BCUT2D eigenvalue weighted by atomic mass is 35.5. The van der Waals surface area contributed by atoms with E-state index >= 15 is 0 Å². The minimum atomic E-state index is -0.981. The topological polar surface area (TPSA) is 72.8 Å². The molecule has 1 N–H and O–H groups in total. The zero-order valence-corrected chi connectivity index (χ0v) is 9.86. The Kier molecular flexibility index (Phi) is 4.78. The number of benzene rings is 1. The molecule has 0 aliphatic heterocycles. The number of hydrogen-bond donors (Lipinski definition) is 1. The zero-order chi connectivity index (χ0) is 12.8. The monoisotopic (exact) mass is 258 g/mol. The Hall–Kier alpha value is -1.75. The maximum atomic E-state index is 10.8. The lowest BCUT2D eigenvalue weighted by Crippen LogP contribution is -2.07. The van der Waals surface area contributed by atoms with Crippen molar-refractivity contribution < 1.29 is 24.2 Å². The molecule has 17 heavy (non-hydrogen) atoms. The highest BCUT2D eigenvalue weighted by Gasteiger charge is 2.12. The second-order valence-corrected chi connectivity index (χ2v) is 3.57. The summed E-state index contributed by atoms with van der Waals surface area (Å²) in [7, 11) is 1.41. The molecule has 0 bridgehead atoms. The molecule has 0 amide bonds. The van der Waals surface area contributed by atoms with E-state index in [9.17, 15) is 9.59 Å². The van der Waals surface area contributed by atoms with Gasteiger partial charge < -0.3 is 14.6 Å². The third kappa shape index (κ3) is 3.64. The quantitative estimate of drug-likeness (QED) is 0.790. The van der Waals surface area contributed by atoms with Crippen LogP contribution in [0.4, 0.5) is 0 Å². The van der Waals surface area contributed by atoms with Crippen LogP contribution in [0.3, 0.4) is 0 Å². The van der Waals surface area contributed by atoms with Crippen LogP contribution in [-0.2, 0) is 4.79 Å². The molecule has 0 saturated heterocycles. The number of carbonyl (C=O) groups is 2. The van der Waals surface area contributed by atoms with Crippen molar-refractivity contribution in [2.24, 2.45) is 0 Å². The largest absolute Gasteiger partial charge is 0.493 e. The molecule has 0 spiro atoms. The van der Waals surface area contributed by atoms with E-state index in [2.05, 4.69) is 0 Å². The summed E-state index contributed by atoms with van der Waals surface area (Å²) in [5, 5.41) is 8.83. The minimum absolute atomic E-state index is 0.0475. The van der Waals surface area contributed by atoms with Crippen molar-refractivity contribution in [3.63, 3.8) is 0 Å². The van der Waals surface area contributed by atoms with Gasteiger partial charge in [0, 0.05) is 11.1 Å². The second kappa shape index (κ2) is 6.10. The van der Waals surface area contributed by atoms with Crippen LogP contribution >= 0.6 is 11.6 Å². The maximum absolute atomic E-state index is 10.8. The van der Waals surface area contributed by atoms with Gasteiger partial charge in [0.15, 0.2) is 17.8 Å². The van der Waals surface area contributed by atoms with Gasteiger partial charge in [0.2, 0.25) is 0 Å². The van der Waals surface area contributed by atoms with Crippen molar-refractivity contribution in [3.05, 3.63) is 22.7 Å². The summed E-state index contributed by atoms with van der Waals surface area (Å²) in [5.74, 6) is -0.483. The van der Waals surface area contributed by atoms with Crippen molar-refractivity contribution in [1.82, 2.24) is 0 Å². The number of rotatable bonds is 6. The van der Waals surface area contributed by atoms with Gasteiger partial charge in [-0.3, -0.25) is 9.59 Å². The SMILES string of the molecule is COc1cc(Cl)cc(C=O)c1OCCC(=O)O. The second-order valence-electron chi connectivity index (χ2n) is 3.14. The first-order chi connectivity index (χ1) is 8.08. The summed E-state index contributed by atoms with van der Waals surface area (Å²) in [6.45, 7) is -0.0475. The number of carboxylic acid groups (broad SMARTS) is 1. The molecular formula is C11H11ClO5. The van der Waals surface area contributed by atoms with Crippen LogP contribution in [0.1, 0.15) is 16.8 Å². The molecule has 0 atom stereocenters. The fraction of sp³-hybridized carbons (Fsp3) is 0.273. The van der Waals surface area contributed by atoms with Crippen molar-refractivity contribution >= 4 is 23.9 Å². The van der Waals surface area contributed by atoms with Gasteiger partial charge in [-0.25, -0.2) is 0 Å². The van der Waals surface area contributed by atoms with E-state index in [0.717, 1.165) is 0 Å². The maximum Gasteiger partial charge on any atom is 0.306 e. The van der Waals surface area contributed by atoms with E-state index in [4.69, 9.17) is 26.2 Å². The predicted octanol–water partition coefficient (Wildman–Crippen LogP) is 2.01. The molecule has 0 aliphatic rings. The number of methoxy groups -OCH3 is 1. The van der Waals surface area contributed by atoms with Crippen LogP contribution in [0.15, 0.2) is 12.1 Å². The molecule has 1 rings (SSSR count). The van der Waals surface area contributed by atoms with Crippen LogP contribution in [0.5, 0.6) is 11.5 Å². The smallest absolute Gasteiger partial charge is 0.306 e. The molecule has 0 heterocycles. The van der Waals surface area contributed by atoms with E-state index in [0.29, 0.717) is 17.1 Å². The lowest BCUT2D eigenvalue weighted by molar-refractivity contribution is -0.137. The van der Waals surface area contributed by atoms with Gasteiger partial charge in [0.25, 0.3) is 0 Å². The van der Waals surface area contributed by atoms with E-state index in [-0.39, 0.29) is 24.3 Å². The highest BCUT2D eigenvalue weighted by Crippen LogP contribution is 2.33. The Labute approximate surface area is 103 Å². The highest BCUT2D eigenvalue weighted by molar-refractivity contribution is 6.31. The van der Waals surface area contributed by atoms with Crippen LogP contribution in [0, 0.1) is 0 Å². The Morgan fingerprint density at radius 3 is 2.76 bits per heavy atom. The number of carbonyl (C=O) groups excluding carboxylic acids is 1. The van der Waals surface area contributed by atoms with E-state index in [1.807, 2.05) is 0 Å². The molecule has 1 aromatic carbocycles. The number of carboxylic acids is 1. The summed E-state index contributed by atoms with van der Waals surface area (Å²) >= 11 is 5.78. The first-order valence-corrected chi connectivity index (χ1v) is 5.13. The van der Waals surface area contributed by atoms with Gasteiger partial charge in [-0.1, -0.05) is 11.6 Å². The van der Waals surface area contributed by atoms with Crippen LogP contribution in [0.2, 0.25) is 5.02 Å². The molecule has 0 saturated carbocycles. The van der Waals surface area contributed by atoms with Crippen LogP contribution < -0.4 is 9.47 Å². The van der Waals surface area contributed by atoms with Crippen LogP contribution in [-0.4, -0.2) is 31.1 Å². The van der Waals surface area contributed by atoms with E-state index in [1.54, 1.807) is 0 Å². The zero-order valence-electron chi connectivity index (χ0n) is 9.10. The summed E-state index contributed by atoms with van der Waals surface area (Å²) < 4.78 is 10.2. The molecule has 0 radical (unpaired) electrons. The Morgan fingerprint density at radius 1 is 1.53 bits per heavy atom. The summed E-state index contributed by atoms with van der Waals surface area (Å²) in [5.41, 5.74) is 0.222. The minimum Gasteiger partial charge on any atom is -0.493 e. The van der Waals surface area contributed by atoms with Gasteiger partial charge in [-0.05, 0) is 6.07 Å². The Bertz CT molecular complexity index is 430. The van der Waals surface area contributed by atoms with E-state index < -0.39 is 5.97 Å². The number of aliphatic carboxylic acids is 1. The number of aldehydes is 1. The number of ether oxygens (including phenoxy) is 2. The standard InChI is InChI=1S/C11H11ClO5/c1-16-9-5-8(12)4-7(6-13)11(9)17-3-2-10(14)15/h4-6H,2-3H2,1H3,(H,14,15). The summed E-state index contributed by atoms with van der Waals surface area (Å²) in [6, 6.07) is 2.91. The molecule has 5 nitrogen and oxygen atoms in total. The van der Waals surface area contributed by atoms with Crippen molar-refractivity contribution in [1.29, 1.82) is 0 Å².